The molecule has 1 fully saturated rings. The maximum atomic E-state index is 11.7. The Balaban J connectivity index is 2.00. The van der Waals surface area contributed by atoms with Gasteiger partial charge in [-0.2, -0.15) is 0 Å². The molecule has 0 heterocycles. The van der Waals surface area contributed by atoms with Crippen LogP contribution in [0.25, 0.3) is 0 Å². The van der Waals surface area contributed by atoms with Gasteiger partial charge in [-0.3, -0.25) is 4.79 Å². The number of carboxylic acid groups (broad SMARTS) is 1. The first-order valence-electron chi connectivity index (χ1n) is 7.34. The summed E-state index contributed by atoms with van der Waals surface area (Å²) >= 11 is 0. The smallest absolute Gasteiger partial charge is 0.331 e. The molecule has 6 nitrogen and oxygen atoms in total. The molecule has 0 atom stereocenters. The Bertz CT molecular complexity index is 382. The van der Waals surface area contributed by atoms with Crippen molar-refractivity contribution in [2.24, 2.45) is 5.92 Å². The van der Waals surface area contributed by atoms with E-state index in [1.54, 1.807) is 0 Å². The minimum atomic E-state index is -1.19. The van der Waals surface area contributed by atoms with Gasteiger partial charge in [0.15, 0.2) is 0 Å². The highest BCUT2D eigenvalue weighted by Gasteiger charge is 2.21. The van der Waals surface area contributed by atoms with Crippen molar-refractivity contribution < 1.29 is 29.0 Å². The SMILES string of the molecule is O=C(O)C=CC(=O)OCCCCOC(=O)C1CCCCC1. The molecule has 1 aliphatic rings. The molecular weight excluding hydrogens is 276 g/mol. The molecule has 0 aromatic carbocycles. The van der Waals surface area contributed by atoms with Crippen molar-refractivity contribution in [3.05, 3.63) is 12.2 Å². The van der Waals surface area contributed by atoms with E-state index < -0.39 is 11.9 Å². The van der Waals surface area contributed by atoms with E-state index >= 15 is 0 Å². The second kappa shape index (κ2) is 9.96. The van der Waals surface area contributed by atoms with Gasteiger partial charge in [0.1, 0.15) is 0 Å². The number of carboxylic acids is 1. The summed E-state index contributed by atoms with van der Waals surface area (Å²) in [6.07, 6.45) is 8.03. The van der Waals surface area contributed by atoms with E-state index in [1.165, 1.54) is 6.42 Å². The lowest BCUT2D eigenvalue weighted by atomic mass is 9.89. The van der Waals surface area contributed by atoms with E-state index in [9.17, 15) is 14.4 Å². The Hall–Kier alpha value is -1.85. The zero-order chi connectivity index (χ0) is 15.5. The van der Waals surface area contributed by atoms with Crippen molar-refractivity contribution in [2.75, 3.05) is 13.2 Å². The van der Waals surface area contributed by atoms with E-state index in [2.05, 4.69) is 0 Å². The second-order valence-electron chi connectivity index (χ2n) is 5.05. The molecule has 6 heteroatoms. The van der Waals surface area contributed by atoms with E-state index in [0.717, 1.165) is 37.8 Å². The molecule has 0 unspecified atom stereocenters. The molecule has 0 saturated heterocycles. The highest BCUT2D eigenvalue weighted by molar-refractivity contribution is 5.90. The molecule has 0 aromatic heterocycles. The van der Waals surface area contributed by atoms with Gasteiger partial charge in [-0.15, -0.1) is 0 Å². The Morgan fingerprint density at radius 1 is 0.952 bits per heavy atom. The molecule has 0 aromatic rings. The average Bonchev–Trinajstić information content (AvgIpc) is 2.49. The van der Waals surface area contributed by atoms with E-state index in [4.69, 9.17) is 14.6 Å². The van der Waals surface area contributed by atoms with Crippen LogP contribution in [0.15, 0.2) is 12.2 Å². The molecule has 0 radical (unpaired) electrons. The number of esters is 2. The van der Waals surface area contributed by atoms with Gasteiger partial charge in [-0.1, -0.05) is 19.3 Å². The van der Waals surface area contributed by atoms with Crippen LogP contribution >= 0.6 is 0 Å². The lowest BCUT2D eigenvalue weighted by molar-refractivity contribution is -0.150. The van der Waals surface area contributed by atoms with Crippen LogP contribution in [-0.2, 0) is 23.9 Å². The van der Waals surface area contributed by atoms with Crippen LogP contribution in [0.4, 0.5) is 0 Å². The maximum Gasteiger partial charge on any atom is 0.331 e. The van der Waals surface area contributed by atoms with Crippen molar-refractivity contribution in [1.29, 1.82) is 0 Å². The summed E-state index contributed by atoms with van der Waals surface area (Å²) in [5.74, 6) is -1.94. The summed E-state index contributed by atoms with van der Waals surface area (Å²) in [6.45, 7) is 0.515. The quantitative estimate of drug-likeness (QED) is 0.419. The number of unbranched alkanes of at least 4 members (excludes halogenated alkanes) is 1. The maximum absolute atomic E-state index is 11.7. The summed E-state index contributed by atoms with van der Waals surface area (Å²) in [7, 11) is 0. The molecule has 1 saturated carbocycles. The first-order chi connectivity index (χ1) is 10.1. The van der Waals surface area contributed by atoms with Crippen molar-refractivity contribution in [1.82, 2.24) is 0 Å². The number of carbonyl (C=O) groups is 3. The Morgan fingerprint density at radius 3 is 2.19 bits per heavy atom. The molecule has 1 aliphatic carbocycles. The van der Waals surface area contributed by atoms with Crippen LogP contribution in [0, 0.1) is 5.92 Å². The zero-order valence-electron chi connectivity index (χ0n) is 12.1. The molecule has 21 heavy (non-hydrogen) atoms. The predicted octanol–water partition coefficient (Wildman–Crippen LogP) is 2.07. The van der Waals surface area contributed by atoms with Gasteiger partial charge >= 0.3 is 17.9 Å². The second-order valence-corrected chi connectivity index (χ2v) is 5.05. The van der Waals surface area contributed by atoms with Crippen LogP contribution in [0.1, 0.15) is 44.9 Å². The Kier molecular flexibility index (Phi) is 8.16. The highest BCUT2D eigenvalue weighted by Crippen LogP contribution is 2.24. The Morgan fingerprint density at radius 2 is 1.57 bits per heavy atom. The third-order valence-electron chi connectivity index (χ3n) is 3.33. The average molecular weight is 298 g/mol. The summed E-state index contributed by atoms with van der Waals surface area (Å²) in [5.41, 5.74) is 0. The van der Waals surface area contributed by atoms with Gasteiger partial charge in [-0.05, 0) is 25.7 Å². The number of carbonyl (C=O) groups excluding carboxylic acids is 2. The first-order valence-corrected chi connectivity index (χ1v) is 7.34. The fraction of sp³-hybridized carbons (Fsp3) is 0.667. The molecule has 118 valence electrons. The van der Waals surface area contributed by atoms with Crippen LogP contribution in [-0.4, -0.2) is 36.2 Å². The number of hydrogen-bond acceptors (Lipinski definition) is 5. The monoisotopic (exact) mass is 298 g/mol. The third-order valence-corrected chi connectivity index (χ3v) is 3.33. The van der Waals surface area contributed by atoms with E-state index in [1.807, 2.05) is 0 Å². The molecule has 0 spiro atoms. The van der Waals surface area contributed by atoms with Gasteiger partial charge < -0.3 is 14.6 Å². The molecule has 1 N–H and O–H groups in total. The predicted molar refractivity (Wildman–Crippen MR) is 74.5 cm³/mol. The molecule has 0 aliphatic heterocycles. The number of aliphatic carboxylic acids is 1. The van der Waals surface area contributed by atoms with Gasteiger partial charge in [0.05, 0.1) is 19.1 Å². The zero-order valence-corrected chi connectivity index (χ0v) is 12.1. The third kappa shape index (κ3) is 8.12. The van der Waals surface area contributed by atoms with E-state index in [0.29, 0.717) is 19.4 Å². The van der Waals surface area contributed by atoms with Crippen molar-refractivity contribution in [3.8, 4) is 0 Å². The summed E-state index contributed by atoms with van der Waals surface area (Å²) in [5, 5.41) is 8.32. The van der Waals surface area contributed by atoms with Crippen LogP contribution in [0.2, 0.25) is 0 Å². The standard InChI is InChI=1S/C15H22O6/c16-13(17)8-9-14(18)20-10-4-5-11-21-15(19)12-6-2-1-3-7-12/h8-9,12H,1-7,10-11H2,(H,16,17). The first kappa shape index (κ1) is 17.2. The van der Waals surface area contributed by atoms with Gasteiger partial charge in [0.2, 0.25) is 0 Å². The molecular formula is C15H22O6. The summed E-state index contributed by atoms with van der Waals surface area (Å²) in [4.78, 5) is 32.9. The van der Waals surface area contributed by atoms with Crippen molar-refractivity contribution in [3.63, 3.8) is 0 Å². The van der Waals surface area contributed by atoms with Crippen LogP contribution in [0.5, 0.6) is 0 Å². The van der Waals surface area contributed by atoms with E-state index in [-0.39, 0.29) is 18.5 Å². The highest BCUT2D eigenvalue weighted by atomic mass is 16.5. The lowest BCUT2D eigenvalue weighted by Gasteiger charge is -2.19. The number of rotatable bonds is 8. The largest absolute Gasteiger partial charge is 0.478 e. The Labute approximate surface area is 124 Å². The molecule has 0 bridgehead atoms. The van der Waals surface area contributed by atoms with Gasteiger partial charge in [0.25, 0.3) is 0 Å². The minimum absolute atomic E-state index is 0.0535. The molecule has 1 rings (SSSR count). The van der Waals surface area contributed by atoms with Gasteiger partial charge in [-0.25, -0.2) is 9.59 Å². The van der Waals surface area contributed by atoms with Crippen LogP contribution < -0.4 is 0 Å². The fourth-order valence-corrected chi connectivity index (χ4v) is 2.19. The molecule has 0 amide bonds. The van der Waals surface area contributed by atoms with Gasteiger partial charge in [0, 0.05) is 12.2 Å². The van der Waals surface area contributed by atoms with Crippen molar-refractivity contribution >= 4 is 17.9 Å². The lowest BCUT2D eigenvalue weighted by Crippen LogP contribution is -2.20. The summed E-state index contributed by atoms with van der Waals surface area (Å²) in [6, 6.07) is 0. The number of ether oxygens (including phenoxy) is 2. The fourth-order valence-electron chi connectivity index (χ4n) is 2.19. The summed E-state index contributed by atoms with van der Waals surface area (Å²) < 4.78 is 9.98. The van der Waals surface area contributed by atoms with Crippen molar-refractivity contribution in [2.45, 2.75) is 44.9 Å². The minimum Gasteiger partial charge on any atom is -0.478 e. The normalized spacial score (nSPS) is 15.8. The van der Waals surface area contributed by atoms with Crippen LogP contribution in [0.3, 0.4) is 0 Å². The topological polar surface area (TPSA) is 89.9 Å². The number of hydrogen-bond donors (Lipinski definition) is 1.